The van der Waals surface area contributed by atoms with Crippen molar-refractivity contribution < 1.29 is 13.2 Å². The molecule has 1 amide bonds. The predicted octanol–water partition coefficient (Wildman–Crippen LogP) is 1.84. The molecule has 2 aliphatic rings. The summed E-state index contributed by atoms with van der Waals surface area (Å²) in [4.78, 5) is 14.2. The monoisotopic (exact) mass is 316 g/mol. The quantitative estimate of drug-likeness (QED) is 0.777. The molecule has 6 heteroatoms. The van der Waals surface area contributed by atoms with Gasteiger partial charge in [-0.05, 0) is 25.7 Å². The van der Waals surface area contributed by atoms with Crippen molar-refractivity contribution in [2.24, 2.45) is 5.92 Å². The van der Waals surface area contributed by atoms with Crippen LogP contribution in [0.15, 0.2) is 0 Å². The van der Waals surface area contributed by atoms with E-state index in [-0.39, 0.29) is 17.1 Å². The third-order valence-corrected chi connectivity index (χ3v) is 7.37. The van der Waals surface area contributed by atoms with Gasteiger partial charge >= 0.3 is 0 Å². The fourth-order valence-corrected chi connectivity index (χ4v) is 5.48. The molecule has 1 aliphatic carbocycles. The van der Waals surface area contributed by atoms with Gasteiger partial charge in [0.1, 0.15) is 0 Å². The van der Waals surface area contributed by atoms with E-state index < -0.39 is 10.0 Å². The van der Waals surface area contributed by atoms with Crippen molar-refractivity contribution >= 4 is 15.9 Å². The summed E-state index contributed by atoms with van der Waals surface area (Å²) in [6, 6.07) is 0. The normalized spacial score (nSPS) is 22.1. The van der Waals surface area contributed by atoms with Crippen molar-refractivity contribution in [3.63, 3.8) is 0 Å². The van der Waals surface area contributed by atoms with Crippen LogP contribution < -0.4 is 0 Å². The van der Waals surface area contributed by atoms with E-state index in [2.05, 4.69) is 0 Å². The zero-order valence-corrected chi connectivity index (χ0v) is 14.1. The molecule has 1 saturated carbocycles. The van der Waals surface area contributed by atoms with E-state index in [0.717, 1.165) is 38.5 Å². The Balaban J connectivity index is 1.92. The maximum Gasteiger partial charge on any atom is 0.225 e. The SMILES string of the molecule is CCC(CC)C(=O)N1CCN(S(=O)(=O)C2CCCC2)CC1. The largest absolute Gasteiger partial charge is 0.340 e. The Kier molecular flexibility index (Phi) is 5.66. The van der Waals surface area contributed by atoms with Crippen LogP contribution >= 0.6 is 0 Å². The van der Waals surface area contributed by atoms with Crippen LogP contribution in [-0.2, 0) is 14.8 Å². The number of carbonyl (C=O) groups is 1. The number of hydrogen-bond acceptors (Lipinski definition) is 3. The molecule has 0 radical (unpaired) electrons. The highest BCUT2D eigenvalue weighted by Crippen LogP contribution is 2.27. The van der Waals surface area contributed by atoms with E-state index in [1.807, 2.05) is 18.7 Å². The first-order valence-electron chi connectivity index (χ1n) is 8.28. The van der Waals surface area contributed by atoms with E-state index in [4.69, 9.17) is 0 Å². The lowest BCUT2D eigenvalue weighted by Crippen LogP contribution is -2.53. The lowest BCUT2D eigenvalue weighted by molar-refractivity contribution is -0.136. The molecule has 0 aromatic rings. The molecule has 0 unspecified atom stereocenters. The second-order valence-electron chi connectivity index (χ2n) is 6.19. The average Bonchev–Trinajstić information content (AvgIpc) is 3.03. The standard InChI is InChI=1S/C15H28N2O3S/c1-3-13(4-2)15(18)16-9-11-17(12-10-16)21(19,20)14-7-5-6-8-14/h13-14H,3-12H2,1-2H3. The van der Waals surface area contributed by atoms with E-state index in [0.29, 0.717) is 26.2 Å². The minimum Gasteiger partial charge on any atom is -0.340 e. The molecule has 0 aromatic carbocycles. The topological polar surface area (TPSA) is 57.7 Å². The summed E-state index contributed by atoms with van der Waals surface area (Å²) in [7, 11) is -3.15. The zero-order chi connectivity index (χ0) is 15.5. The first kappa shape index (κ1) is 16.7. The Hall–Kier alpha value is -0.620. The molecule has 2 fully saturated rings. The Morgan fingerprint density at radius 2 is 1.57 bits per heavy atom. The molecule has 122 valence electrons. The number of nitrogens with zero attached hydrogens (tertiary/aromatic N) is 2. The Morgan fingerprint density at radius 3 is 2.05 bits per heavy atom. The summed E-state index contributed by atoms with van der Waals surface area (Å²) in [6.07, 6.45) is 5.37. The van der Waals surface area contributed by atoms with Crippen LogP contribution in [0.1, 0.15) is 52.4 Å². The number of sulfonamides is 1. The van der Waals surface area contributed by atoms with E-state index >= 15 is 0 Å². The van der Waals surface area contributed by atoms with Gasteiger partial charge in [0.15, 0.2) is 0 Å². The highest BCUT2D eigenvalue weighted by molar-refractivity contribution is 7.89. The molecule has 21 heavy (non-hydrogen) atoms. The molecule has 0 atom stereocenters. The van der Waals surface area contributed by atoms with Crippen LogP contribution in [0.25, 0.3) is 0 Å². The minimum atomic E-state index is -3.15. The Bertz CT molecular complexity index is 446. The Labute approximate surface area is 128 Å². The van der Waals surface area contributed by atoms with E-state index in [1.165, 1.54) is 0 Å². The molecule has 0 spiro atoms. The predicted molar refractivity (Wildman–Crippen MR) is 83.4 cm³/mol. The summed E-state index contributed by atoms with van der Waals surface area (Å²) in [5, 5.41) is -0.182. The second-order valence-corrected chi connectivity index (χ2v) is 8.40. The van der Waals surface area contributed by atoms with Gasteiger partial charge in [-0.3, -0.25) is 4.79 Å². The second kappa shape index (κ2) is 7.09. The van der Waals surface area contributed by atoms with Gasteiger partial charge in [0.25, 0.3) is 0 Å². The van der Waals surface area contributed by atoms with Crippen molar-refractivity contribution in [3.8, 4) is 0 Å². The molecule has 2 rings (SSSR count). The highest BCUT2D eigenvalue weighted by Gasteiger charge is 2.36. The smallest absolute Gasteiger partial charge is 0.225 e. The fourth-order valence-electron chi connectivity index (χ4n) is 3.46. The minimum absolute atomic E-state index is 0.0861. The van der Waals surface area contributed by atoms with Crippen LogP contribution in [0, 0.1) is 5.92 Å². The lowest BCUT2D eigenvalue weighted by Gasteiger charge is -2.36. The molecular formula is C15H28N2O3S. The van der Waals surface area contributed by atoms with Crippen molar-refractivity contribution in [1.29, 1.82) is 0 Å². The maximum atomic E-state index is 12.5. The van der Waals surface area contributed by atoms with Gasteiger partial charge < -0.3 is 4.90 Å². The molecule has 1 saturated heterocycles. The number of hydrogen-bond donors (Lipinski definition) is 0. The van der Waals surface area contributed by atoms with Gasteiger partial charge in [-0.1, -0.05) is 26.7 Å². The van der Waals surface area contributed by atoms with E-state index in [9.17, 15) is 13.2 Å². The summed E-state index contributed by atoms with van der Waals surface area (Å²) >= 11 is 0. The van der Waals surface area contributed by atoms with Crippen molar-refractivity contribution in [2.75, 3.05) is 26.2 Å². The average molecular weight is 316 g/mol. The van der Waals surface area contributed by atoms with Crippen molar-refractivity contribution in [2.45, 2.75) is 57.6 Å². The third-order valence-electron chi connectivity index (χ3n) is 4.97. The Morgan fingerprint density at radius 1 is 1.05 bits per heavy atom. The third kappa shape index (κ3) is 3.59. The molecule has 0 aromatic heterocycles. The molecular weight excluding hydrogens is 288 g/mol. The first-order chi connectivity index (χ1) is 10.0. The fraction of sp³-hybridized carbons (Fsp3) is 0.933. The van der Waals surface area contributed by atoms with Crippen LogP contribution in [-0.4, -0.2) is 55.0 Å². The summed E-state index contributed by atoms with van der Waals surface area (Å²) < 4.78 is 26.7. The molecule has 1 aliphatic heterocycles. The molecule has 5 nitrogen and oxygen atoms in total. The van der Waals surface area contributed by atoms with Crippen molar-refractivity contribution in [3.05, 3.63) is 0 Å². The summed E-state index contributed by atoms with van der Waals surface area (Å²) in [6.45, 7) is 6.08. The van der Waals surface area contributed by atoms with Crippen LogP contribution in [0.3, 0.4) is 0 Å². The zero-order valence-electron chi connectivity index (χ0n) is 13.3. The maximum absolute atomic E-state index is 12.5. The number of rotatable bonds is 5. The molecule has 1 heterocycles. The number of amides is 1. The molecule has 0 N–H and O–H groups in total. The van der Waals surface area contributed by atoms with Crippen molar-refractivity contribution in [1.82, 2.24) is 9.21 Å². The highest BCUT2D eigenvalue weighted by atomic mass is 32.2. The van der Waals surface area contributed by atoms with E-state index in [1.54, 1.807) is 4.31 Å². The van der Waals surface area contributed by atoms with Gasteiger partial charge in [-0.25, -0.2) is 8.42 Å². The van der Waals surface area contributed by atoms with Crippen LogP contribution in [0.5, 0.6) is 0 Å². The van der Waals surface area contributed by atoms with Crippen LogP contribution in [0.2, 0.25) is 0 Å². The van der Waals surface area contributed by atoms with Gasteiger partial charge in [0.05, 0.1) is 5.25 Å². The summed E-state index contributed by atoms with van der Waals surface area (Å²) in [5.74, 6) is 0.279. The van der Waals surface area contributed by atoms with Gasteiger partial charge in [-0.15, -0.1) is 0 Å². The lowest BCUT2D eigenvalue weighted by atomic mass is 10.0. The van der Waals surface area contributed by atoms with Crippen LogP contribution in [0.4, 0.5) is 0 Å². The van der Waals surface area contributed by atoms with Gasteiger partial charge in [0, 0.05) is 32.1 Å². The van der Waals surface area contributed by atoms with Gasteiger partial charge in [-0.2, -0.15) is 4.31 Å². The van der Waals surface area contributed by atoms with Gasteiger partial charge in [0.2, 0.25) is 15.9 Å². The number of carbonyl (C=O) groups excluding carboxylic acids is 1. The summed E-state index contributed by atoms with van der Waals surface area (Å²) in [5.41, 5.74) is 0. The first-order valence-corrected chi connectivity index (χ1v) is 9.78. The number of piperazine rings is 1. The molecule has 0 bridgehead atoms.